The smallest absolute Gasteiger partial charge is 0.343 e. The Bertz CT molecular complexity index is 1800. The van der Waals surface area contributed by atoms with Crippen molar-refractivity contribution in [1.29, 1.82) is 0 Å². The van der Waals surface area contributed by atoms with Crippen LogP contribution in [0.3, 0.4) is 0 Å². The van der Waals surface area contributed by atoms with Crippen molar-refractivity contribution in [3.8, 4) is 11.5 Å². The van der Waals surface area contributed by atoms with E-state index >= 15 is 0 Å². The zero-order chi connectivity index (χ0) is 33.0. The summed E-state index contributed by atoms with van der Waals surface area (Å²) in [6.45, 7) is 0.613. The highest BCUT2D eigenvalue weighted by molar-refractivity contribution is 5.94. The molecule has 7 nitrogen and oxygen atoms in total. The van der Waals surface area contributed by atoms with Gasteiger partial charge in [0.25, 0.3) is 5.90 Å². The topological polar surface area (TPSA) is 83.4 Å². The highest BCUT2D eigenvalue weighted by Crippen LogP contribution is 2.41. The Labute approximate surface area is 280 Å². The molecule has 48 heavy (non-hydrogen) atoms. The molecule has 0 amide bonds. The molecule has 6 rings (SSSR count). The molecule has 0 heterocycles. The standard InChI is InChI=1S/C41H37NO6/c43-39(47-36-17-9-3-10-18-36)34-19-23-35(24-20-34)41(27-11-4-12-28-41)40(44)48-37-25-21-33(22-26-37)38(45-29-31-13-5-1-6-14-31)42-46-30-32-15-7-2-8-16-32/h1-3,5-10,13-26H,4,11-12,27-30H2. The molecular formula is C41H37NO6. The molecule has 0 radical (unpaired) electrons. The van der Waals surface area contributed by atoms with E-state index in [4.69, 9.17) is 19.0 Å². The van der Waals surface area contributed by atoms with Crippen LogP contribution in [0.5, 0.6) is 11.5 Å². The first-order valence-electron chi connectivity index (χ1n) is 16.2. The Morgan fingerprint density at radius 1 is 0.562 bits per heavy atom. The van der Waals surface area contributed by atoms with Crippen LogP contribution in [0.1, 0.15) is 64.7 Å². The van der Waals surface area contributed by atoms with Gasteiger partial charge in [0.15, 0.2) is 0 Å². The number of oxime groups is 1. The molecule has 1 aliphatic carbocycles. The summed E-state index contributed by atoms with van der Waals surface area (Å²) in [5, 5.41) is 4.32. The van der Waals surface area contributed by atoms with Gasteiger partial charge in [-0.1, -0.05) is 110 Å². The van der Waals surface area contributed by atoms with E-state index < -0.39 is 11.4 Å². The molecule has 1 saturated carbocycles. The first-order chi connectivity index (χ1) is 23.6. The van der Waals surface area contributed by atoms with Gasteiger partial charge in [-0.3, -0.25) is 4.79 Å². The minimum atomic E-state index is -0.810. The van der Waals surface area contributed by atoms with E-state index in [0.29, 0.717) is 54.6 Å². The fraction of sp³-hybridized carbons (Fsp3) is 0.195. The van der Waals surface area contributed by atoms with Crippen molar-refractivity contribution in [2.75, 3.05) is 0 Å². The van der Waals surface area contributed by atoms with Gasteiger partial charge in [-0.25, -0.2) is 4.79 Å². The fourth-order valence-corrected chi connectivity index (χ4v) is 5.84. The molecule has 0 aromatic heterocycles. The lowest BCUT2D eigenvalue weighted by Gasteiger charge is -2.35. The largest absolute Gasteiger partial charge is 0.470 e. The van der Waals surface area contributed by atoms with E-state index in [0.717, 1.165) is 36.0 Å². The van der Waals surface area contributed by atoms with Crippen molar-refractivity contribution in [3.05, 3.63) is 167 Å². The molecule has 0 aliphatic heterocycles. The third kappa shape index (κ3) is 8.17. The van der Waals surface area contributed by atoms with Crippen molar-refractivity contribution >= 4 is 17.8 Å². The second-order valence-electron chi connectivity index (χ2n) is 11.8. The van der Waals surface area contributed by atoms with Crippen LogP contribution in [0.4, 0.5) is 0 Å². The van der Waals surface area contributed by atoms with E-state index in [-0.39, 0.29) is 5.97 Å². The Hall–Kier alpha value is -5.69. The molecule has 5 aromatic rings. The Balaban J connectivity index is 1.16. The average Bonchev–Trinajstić information content (AvgIpc) is 3.15. The summed E-state index contributed by atoms with van der Waals surface area (Å²) >= 11 is 0. The lowest BCUT2D eigenvalue weighted by Crippen LogP contribution is -2.41. The predicted molar refractivity (Wildman–Crippen MR) is 184 cm³/mol. The van der Waals surface area contributed by atoms with Gasteiger partial charge in [0.05, 0.1) is 11.0 Å². The number of para-hydroxylation sites is 1. The van der Waals surface area contributed by atoms with Gasteiger partial charge in [0.1, 0.15) is 24.7 Å². The zero-order valence-corrected chi connectivity index (χ0v) is 26.6. The maximum absolute atomic E-state index is 13.9. The molecule has 1 fully saturated rings. The summed E-state index contributed by atoms with van der Waals surface area (Å²) in [6, 6.07) is 42.8. The molecule has 242 valence electrons. The molecule has 0 bridgehead atoms. The van der Waals surface area contributed by atoms with Gasteiger partial charge in [-0.15, -0.1) is 0 Å². The maximum Gasteiger partial charge on any atom is 0.343 e. The van der Waals surface area contributed by atoms with E-state index in [1.165, 1.54) is 0 Å². The second-order valence-corrected chi connectivity index (χ2v) is 11.8. The molecule has 0 spiro atoms. The number of esters is 2. The van der Waals surface area contributed by atoms with Crippen molar-refractivity contribution in [3.63, 3.8) is 0 Å². The highest BCUT2D eigenvalue weighted by atomic mass is 16.6. The van der Waals surface area contributed by atoms with Crippen molar-refractivity contribution in [2.45, 2.75) is 50.7 Å². The van der Waals surface area contributed by atoms with Crippen LogP contribution in [0.2, 0.25) is 0 Å². The summed E-state index contributed by atoms with van der Waals surface area (Å²) in [5.74, 6) is 0.460. The molecular weight excluding hydrogens is 602 g/mol. The van der Waals surface area contributed by atoms with Crippen LogP contribution in [0.15, 0.2) is 145 Å². The van der Waals surface area contributed by atoms with Crippen molar-refractivity contribution in [2.24, 2.45) is 5.16 Å². The van der Waals surface area contributed by atoms with Gasteiger partial charge >= 0.3 is 11.9 Å². The van der Waals surface area contributed by atoms with Crippen molar-refractivity contribution < 1.29 is 28.6 Å². The van der Waals surface area contributed by atoms with Crippen LogP contribution >= 0.6 is 0 Å². The quantitative estimate of drug-likeness (QED) is 0.0472. The number of hydrogen-bond donors (Lipinski definition) is 0. The Morgan fingerprint density at radius 2 is 1.10 bits per heavy atom. The Morgan fingerprint density at radius 3 is 1.73 bits per heavy atom. The molecule has 5 aromatic carbocycles. The summed E-state index contributed by atoms with van der Waals surface area (Å²) in [5.41, 5.74) is 3.11. The van der Waals surface area contributed by atoms with Crippen LogP contribution in [0, 0.1) is 0 Å². The number of carbonyl (C=O) groups is 2. The number of rotatable bonds is 11. The SMILES string of the molecule is O=C(Oc1ccccc1)c1ccc(C2(C(=O)Oc3ccc(C(=NOCc4ccccc4)OCc4ccccc4)cc3)CCCCC2)cc1. The highest BCUT2D eigenvalue weighted by Gasteiger charge is 2.43. The van der Waals surface area contributed by atoms with E-state index in [9.17, 15) is 9.59 Å². The van der Waals surface area contributed by atoms with Gasteiger partial charge in [0, 0.05) is 5.56 Å². The number of hydrogen-bond acceptors (Lipinski definition) is 7. The second kappa shape index (κ2) is 15.7. The van der Waals surface area contributed by atoms with E-state index in [1.807, 2.05) is 91.0 Å². The summed E-state index contributed by atoms with van der Waals surface area (Å²) < 4.78 is 17.6. The number of benzene rings is 5. The van der Waals surface area contributed by atoms with Crippen LogP contribution < -0.4 is 9.47 Å². The minimum absolute atomic E-state index is 0.298. The molecule has 0 N–H and O–H groups in total. The average molecular weight is 640 g/mol. The molecule has 0 saturated heterocycles. The first kappa shape index (κ1) is 32.3. The normalized spacial score (nSPS) is 14.0. The third-order valence-electron chi connectivity index (χ3n) is 8.48. The number of ether oxygens (including phenoxy) is 3. The monoisotopic (exact) mass is 639 g/mol. The van der Waals surface area contributed by atoms with E-state index in [1.54, 1.807) is 48.5 Å². The fourth-order valence-electron chi connectivity index (χ4n) is 5.84. The zero-order valence-electron chi connectivity index (χ0n) is 26.6. The first-order valence-corrected chi connectivity index (χ1v) is 16.2. The molecule has 0 atom stereocenters. The minimum Gasteiger partial charge on any atom is -0.470 e. The molecule has 0 unspecified atom stereocenters. The molecule has 7 heteroatoms. The maximum atomic E-state index is 13.9. The third-order valence-corrected chi connectivity index (χ3v) is 8.48. The molecule has 1 aliphatic rings. The van der Waals surface area contributed by atoms with Crippen molar-refractivity contribution in [1.82, 2.24) is 0 Å². The van der Waals surface area contributed by atoms with Crippen LogP contribution in [-0.2, 0) is 33.0 Å². The predicted octanol–water partition coefficient (Wildman–Crippen LogP) is 8.81. The lowest BCUT2D eigenvalue weighted by molar-refractivity contribution is -0.142. The lowest BCUT2D eigenvalue weighted by atomic mass is 9.69. The number of carbonyl (C=O) groups excluding carboxylic acids is 2. The summed E-state index contributed by atoms with van der Waals surface area (Å²) in [6.07, 6.45) is 4.21. The Kier molecular flexibility index (Phi) is 10.6. The summed E-state index contributed by atoms with van der Waals surface area (Å²) in [7, 11) is 0. The van der Waals surface area contributed by atoms with Gasteiger partial charge in [-0.05, 0) is 83.2 Å². The van der Waals surface area contributed by atoms with Gasteiger partial charge in [0.2, 0.25) is 0 Å². The number of nitrogens with zero attached hydrogens (tertiary/aromatic N) is 1. The van der Waals surface area contributed by atoms with Crippen LogP contribution in [0.25, 0.3) is 0 Å². The van der Waals surface area contributed by atoms with E-state index in [2.05, 4.69) is 5.16 Å². The summed E-state index contributed by atoms with van der Waals surface area (Å²) in [4.78, 5) is 32.3. The van der Waals surface area contributed by atoms with Gasteiger partial charge < -0.3 is 19.0 Å². The van der Waals surface area contributed by atoms with Crippen LogP contribution in [-0.4, -0.2) is 17.8 Å². The van der Waals surface area contributed by atoms with Gasteiger partial charge in [-0.2, -0.15) is 0 Å².